The first-order valence-electron chi connectivity index (χ1n) is 6.12. The molecule has 0 fully saturated rings. The molecule has 0 unspecified atom stereocenters. The summed E-state index contributed by atoms with van der Waals surface area (Å²) in [6.07, 6.45) is 0. The van der Waals surface area contributed by atoms with E-state index in [2.05, 4.69) is 41.8 Å². The fourth-order valence-electron chi connectivity index (χ4n) is 1.80. The van der Waals surface area contributed by atoms with Crippen LogP contribution in [0.4, 0.5) is 0 Å². The van der Waals surface area contributed by atoms with E-state index in [-0.39, 0.29) is 0 Å². The number of ether oxygens (including phenoxy) is 1. The molecule has 0 radical (unpaired) electrons. The predicted molar refractivity (Wildman–Crippen MR) is 77.5 cm³/mol. The van der Waals surface area contributed by atoms with Crippen LogP contribution in [-0.2, 0) is 4.74 Å². The van der Waals surface area contributed by atoms with Gasteiger partial charge in [0.1, 0.15) is 12.4 Å². The molecule has 0 bridgehead atoms. The highest BCUT2D eigenvalue weighted by Gasteiger charge is 2.02. The van der Waals surface area contributed by atoms with E-state index in [0.717, 1.165) is 17.9 Å². The maximum Gasteiger partial charge on any atom is 0.119 e. The van der Waals surface area contributed by atoms with Crippen LogP contribution in [0, 0.1) is 0 Å². The van der Waals surface area contributed by atoms with Gasteiger partial charge in [-0.1, -0.05) is 43.0 Å². The summed E-state index contributed by atoms with van der Waals surface area (Å²) < 4.78 is 5.65. The van der Waals surface area contributed by atoms with Gasteiger partial charge in [0.05, 0.1) is 0 Å². The zero-order chi connectivity index (χ0) is 13.0. The summed E-state index contributed by atoms with van der Waals surface area (Å²) in [6.45, 7) is 5.55. The Morgan fingerprint density at radius 1 is 1.11 bits per heavy atom. The van der Waals surface area contributed by atoms with E-state index in [1.165, 1.54) is 10.8 Å². The van der Waals surface area contributed by atoms with Gasteiger partial charge in [0, 0.05) is 12.1 Å². The molecule has 2 aromatic carbocycles. The van der Waals surface area contributed by atoms with Crippen LogP contribution in [0.5, 0.6) is 0 Å². The number of nitrogens with zero attached hydrogens (tertiary/aromatic N) is 1. The molecule has 2 nitrogen and oxygen atoms in total. The van der Waals surface area contributed by atoms with Gasteiger partial charge in [-0.05, 0) is 30.9 Å². The summed E-state index contributed by atoms with van der Waals surface area (Å²) >= 11 is 0. The first-order chi connectivity index (χ1) is 8.66. The highest BCUT2D eigenvalue weighted by Crippen LogP contribution is 2.20. The Balaban J connectivity index is 2.08. The second-order valence-electron chi connectivity index (χ2n) is 4.64. The van der Waals surface area contributed by atoms with Crippen molar-refractivity contribution in [1.29, 1.82) is 0 Å². The molecule has 0 heterocycles. The van der Waals surface area contributed by atoms with E-state index in [4.69, 9.17) is 4.74 Å². The molecular formula is C16H19NO. The molecule has 0 spiro atoms. The van der Waals surface area contributed by atoms with E-state index in [1.54, 1.807) is 0 Å². The number of likely N-dealkylation sites (N-methyl/N-ethyl adjacent to an activating group) is 1. The minimum Gasteiger partial charge on any atom is -0.492 e. The largest absolute Gasteiger partial charge is 0.492 e. The number of hydrogen-bond donors (Lipinski definition) is 0. The second kappa shape index (κ2) is 5.69. The van der Waals surface area contributed by atoms with Gasteiger partial charge >= 0.3 is 0 Å². The fourth-order valence-corrected chi connectivity index (χ4v) is 1.80. The quantitative estimate of drug-likeness (QED) is 0.744. The van der Waals surface area contributed by atoms with Crippen molar-refractivity contribution in [2.75, 3.05) is 27.2 Å². The van der Waals surface area contributed by atoms with Crippen LogP contribution in [0.2, 0.25) is 0 Å². The van der Waals surface area contributed by atoms with Crippen molar-refractivity contribution in [3.05, 3.63) is 54.6 Å². The summed E-state index contributed by atoms with van der Waals surface area (Å²) in [6, 6.07) is 14.6. The van der Waals surface area contributed by atoms with Gasteiger partial charge in [0.15, 0.2) is 0 Å². The number of hydrogen-bond acceptors (Lipinski definition) is 2. The zero-order valence-electron chi connectivity index (χ0n) is 11.0. The lowest BCUT2D eigenvalue weighted by atomic mass is 10.1. The van der Waals surface area contributed by atoms with E-state index < -0.39 is 0 Å². The Kier molecular flexibility index (Phi) is 4.00. The molecule has 94 valence electrons. The molecule has 0 aromatic heterocycles. The van der Waals surface area contributed by atoms with Crippen LogP contribution in [0.15, 0.2) is 49.0 Å². The van der Waals surface area contributed by atoms with E-state index >= 15 is 0 Å². The Labute approximate surface area is 108 Å². The van der Waals surface area contributed by atoms with Crippen LogP contribution in [-0.4, -0.2) is 32.1 Å². The van der Waals surface area contributed by atoms with E-state index in [1.807, 2.05) is 26.2 Å². The SMILES string of the molecule is C=C(OCCN(C)C)c1ccc2ccccc2c1. The standard InChI is InChI=1S/C16H19NO/c1-13(18-11-10-17(2)3)15-9-8-14-6-4-5-7-16(14)12-15/h4-9,12H,1,10-11H2,2-3H3. The maximum atomic E-state index is 5.65. The van der Waals surface area contributed by atoms with Gasteiger partial charge in [0.25, 0.3) is 0 Å². The second-order valence-corrected chi connectivity index (χ2v) is 4.64. The Morgan fingerprint density at radius 3 is 2.56 bits per heavy atom. The molecule has 0 amide bonds. The van der Waals surface area contributed by atoms with Crippen LogP contribution in [0.1, 0.15) is 5.56 Å². The lowest BCUT2D eigenvalue weighted by molar-refractivity contribution is 0.233. The topological polar surface area (TPSA) is 12.5 Å². The van der Waals surface area contributed by atoms with Gasteiger partial charge in [0.2, 0.25) is 0 Å². The van der Waals surface area contributed by atoms with Gasteiger partial charge in [-0.15, -0.1) is 0 Å². The first-order valence-corrected chi connectivity index (χ1v) is 6.12. The molecule has 0 atom stereocenters. The summed E-state index contributed by atoms with van der Waals surface area (Å²) in [7, 11) is 4.06. The van der Waals surface area contributed by atoms with Crippen molar-refractivity contribution in [3.8, 4) is 0 Å². The molecule has 18 heavy (non-hydrogen) atoms. The van der Waals surface area contributed by atoms with Gasteiger partial charge in [-0.2, -0.15) is 0 Å². The van der Waals surface area contributed by atoms with E-state index in [9.17, 15) is 0 Å². The lowest BCUT2D eigenvalue weighted by Crippen LogP contribution is -2.17. The molecule has 0 aliphatic rings. The van der Waals surface area contributed by atoms with Crippen molar-refractivity contribution in [1.82, 2.24) is 4.90 Å². The predicted octanol–water partition coefficient (Wildman–Crippen LogP) is 3.39. The van der Waals surface area contributed by atoms with Crippen molar-refractivity contribution < 1.29 is 4.74 Å². The number of fused-ring (bicyclic) bond motifs is 1. The van der Waals surface area contributed by atoms with E-state index in [0.29, 0.717) is 6.61 Å². The monoisotopic (exact) mass is 241 g/mol. The smallest absolute Gasteiger partial charge is 0.119 e. The highest BCUT2D eigenvalue weighted by atomic mass is 16.5. The van der Waals surface area contributed by atoms with Gasteiger partial charge < -0.3 is 9.64 Å². The Hall–Kier alpha value is -1.80. The highest BCUT2D eigenvalue weighted by molar-refractivity contribution is 5.85. The first kappa shape index (κ1) is 12.7. The summed E-state index contributed by atoms with van der Waals surface area (Å²) in [5.74, 6) is 0.739. The maximum absolute atomic E-state index is 5.65. The van der Waals surface area contributed by atoms with Gasteiger partial charge in [-0.3, -0.25) is 0 Å². The molecule has 0 saturated heterocycles. The molecule has 0 N–H and O–H groups in total. The van der Waals surface area contributed by atoms with Crippen molar-refractivity contribution in [2.24, 2.45) is 0 Å². The Morgan fingerprint density at radius 2 is 1.83 bits per heavy atom. The van der Waals surface area contributed by atoms with Crippen LogP contribution in [0.25, 0.3) is 16.5 Å². The Bertz CT molecular complexity index is 546. The van der Waals surface area contributed by atoms with Crippen molar-refractivity contribution in [2.45, 2.75) is 0 Å². The minimum atomic E-state index is 0.665. The van der Waals surface area contributed by atoms with Crippen molar-refractivity contribution >= 4 is 16.5 Å². The van der Waals surface area contributed by atoms with Gasteiger partial charge in [-0.25, -0.2) is 0 Å². The lowest BCUT2D eigenvalue weighted by Gasteiger charge is -2.13. The third-order valence-corrected chi connectivity index (χ3v) is 2.89. The molecule has 2 aromatic rings. The molecule has 0 aliphatic heterocycles. The number of benzene rings is 2. The summed E-state index contributed by atoms with van der Waals surface area (Å²) in [5, 5.41) is 2.45. The van der Waals surface area contributed by atoms with Crippen molar-refractivity contribution in [3.63, 3.8) is 0 Å². The minimum absolute atomic E-state index is 0.665. The molecule has 2 rings (SSSR count). The average molecular weight is 241 g/mol. The zero-order valence-corrected chi connectivity index (χ0v) is 11.0. The molecule has 0 aliphatic carbocycles. The fraction of sp³-hybridized carbons (Fsp3) is 0.250. The summed E-state index contributed by atoms with van der Waals surface area (Å²) in [5.41, 5.74) is 1.05. The molecule has 2 heteroatoms. The molecular weight excluding hydrogens is 222 g/mol. The summed E-state index contributed by atoms with van der Waals surface area (Å²) in [4.78, 5) is 2.09. The van der Waals surface area contributed by atoms with Crippen LogP contribution >= 0.6 is 0 Å². The van der Waals surface area contributed by atoms with Crippen LogP contribution < -0.4 is 0 Å². The van der Waals surface area contributed by atoms with Crippen LogP contribution in [0.3, 0.4) is 0 Å². The number of rotatable bonds is 5. The normalized spacial score (nSPS) is 10.8. The molecule has 0 saturated carbocycles. The average Bonchev–Trinajstić information content (AvgIpc) is 2.37. The third-order valence-electron chi connectivity index (χ3n) is 2.89. The third kappa shape index (κ3) is 3.11.